The molecule has 200 valence electrons. The van der Waals surface area contributed by atoms with Gasteiger partial charge in [-0.05, 0) is 82.9 Å². The number of hydrogen-bond acceptors (Lipinski definition) is 5. The zero-order chi connectivity index (χ0) is 27.3. The first kappa shape index (κ1) is 28.2. The third-order valence-electron chi connectivity index (χ3n) is 5.63. The molecular formula is C27H33ClFN3O5. The van der Waals surface area contributed by atoms with E-state index in [2.05, 4.69) is 10.6 Å². The molecular weight excluding hydrogens is 501 g/mol. The number of amides is 3. The molecule has 3 rings (SSSR count). The topological polar surface area (TPSA) is 97.0 Å². The van der Waals surface area contributed by atoms with Crippen LogP contribution in [-0.4, -0.2) is 53.6 Å². The van der Waals surface area contributed by atoms with E-state index >= 15 is 0 Å². The Balaban J connectivity index is 1.66. The highest BCUT2D eigenvalue weighted by molar-refractivity contribution is 6.30. The predicted octanol–water partition coefficient (Wildman–Crippen LogP) is 5.00. The Hall–Kier alpha value is -3.33. The number of benzene rings is 2. The average Bonchev–Trinajstić information content (AvgIpc) is 2.78. The van der Waals surface area contributed by atoms with Crippen molar-refractivity contribution < 1.29 is 28.2 Å². The van der Waals surface area contributed by atoms with Gasteiger partial charge in [0.05, 0.1) is 5.02 Å². The van der Waals surface area contributed by atoms with Crippen LogP contribution in [0.25, 0.3) is 0 Å². The maximum Gasteiger partial charge on any atom is 0.411 e. The van der Waals surface area contributed by atoms with Crippen LogP contribution >= 0.6 is 11.6 Å². The Bertz CT molecular complexity index is 1150. The van der Waals surface area contributed by atoms with Gasteiger partial charge >= 0.3 is 6.09 Å². The molecule has 3 amide bonds. The van der Waals surface area contributed by atoms with E-state index in [0.29, 0.717) is 18.5 Å². The van der Waals surface area contributed by atoms with Crippen LogP contribution in [0, 0.1) is 19.7 Å². The second-order valence-electron chi connectivity index (χ2n) is 10.2. The lowest BCUT2D eigenvalue weighted by atomic mass is 9.97. The number of nitrogens with one attached hydrogen (secondary N) is 2. The average molecular weight is 534 g/mol. The molecule has 0 aromatic heterocycles. The van der Waals surface area contributed by atoms with Crippen molar-refractivity contribution in [3.63, 3.8) is 0 Å². The molecule has 0 bridgehead atoms. The molecule has 2 aromatic carbocycles. The van der Waals surface area contributed by atoms with E-state index < -0.39 is 35.5 Å². The largest absolute Gasteiger partial charge is 0.484 e. The molecule has 2 N–H and O–H groups in total. The monoisotopic (exact) mass is 533 g/mol. The molecule has 2 atom stereocenters. The van der Waals surface area contributed by atoms with Crippen LogP contribution in [-0.2, 0) is 14.3 Å². The summed E-state index contributed by atoms with van der Waals surface area (Å²) in [6.45, 7) is 8.86. The lowest BCUT2D eigenvalue weighted by Crippen LogP contribution is -2.58. The summed E-state index contributed by atoms with van der Waals surface area (Å²) < 4.78 is 24.5. The molecule has 1 heterocycles. The smallest absolute Gasteiger partial charge is 0.411 e. The summed E-state index contributed by atoms with van der Waals surface area (Å²) in [5.41, 5.74) is 1.91. The van der Waals surface area contributed by atoms with Gasteiger partial charge in [-0.3, -0.25) is 14.5 Å². The Labute approximate surface area is 221 Å². The molecule has 1 aliphatic heterocycles. The van der Waals surface area contributed by atoms with E-state index in [4.69, 9.17) is 21.1 Å². The Morgan fingerprint density at radius 1 is 1.08 bits per heavy atom. The second-order valence-corrected chi connectivity index (χ2v) is 10.6. The van der Waals surface area contributed by atoms with Crippen LogP contribution in [0.5, 0.6) is 5.75 Å². The number of hydrogen-bond donors (Lipinski definition) is 2. The highest BCUT2D eigenvalue weighted by Crippen LogP contribution is 2.24. The normalized spacial score (nSPS) is 17.6. The van der Waals surface area contributed by atoms with E-state index in [1.165, 1.54) is 17.0 Å². The van der Waals surface area contributed by atoms with Gasteiger partial charge in [-0.1, -0.05) is 17.7 Å². The van der Waals surface area contributed by atoms with Crippen molar-refractivity contribution in [2.45, 2.75) is 65.1 Å². The summed E-state index contributed by atoms with van der Waals surface area (Å²) in [5, 5.41) is 5.69. The van der Waals surface area contributed by atoms with Crippen LogP contribution in [0.2, 0.25) is 5.02 Å². The van der Waals surface area contributed by atoms with E-state index in [9.17, 15) is 18.8 Å². The number of rotatable bonds is 6. The summed E-state index contributed by atoms with van der Waals surface area (Å²) in [6, 6.07) is 8.44. The maximum absolute atomic E-state index is 13.6. The van der Waals surface area contributed by atoms with Crippen molar-refractivity contribution in [1.82, 2.24) is 10.2 Å². The van der Waals surface area contributed by atoms with Crippen molar-refractivity contribution in [2.75, 3.05) is 18.5 Å². The maximum atomic E-state index is 13.6. The standard InChI is InChI=1S/C27H33ClFN3O5/c1-16-10-17(2)12-19(11-16)31-25(34)23-9-6-18(14-32(23)26(35)37-27(3,4)5)30-24(33)15-36-20-7-8-21(28)22(29)13-20/h7-8,10-13,18,23H,6,9,14-15H2,1-5H3,(H,30,33)(H,31,34)/t18-,23+/m0/s1. The molecule has 0 radical (unpaired) electrons. The Morgan fingerprint density at radius 3 is 2.38 bits per heavy atom. The summed E-state index contributed by atoms with van der Waals surface area (Å²) in [5.74, 6) is -1.25. The quantitative estimate of drug-likeness (QED) is 0.545. The van der Waals surface area contributed by atoms with Crippen molar-refractivity contribution >= 4 is 35.2 Å². The lowest BCUT2D eigenvalue weighted by molar-refractivity contribution is -0.125. The summed E-state index contributed by atoms with van der Waals surface area (Å²) in [4.78, 5) is 40.1. The fraction of sp³-hybridized carbons (Fsp3) is 0.444. The third-order valence-corrected chi connectivity index (χ3v) is 5.93. The molecule has 1 aliphatic rings. The van der Waals surface area contributed by atoms with Crippen LogP contribution < -0.4 is 15.4 Å². The molecule has 37 heavy (non-hydrogen) atoms. The van der Waals surface area contributed by atoms with Crippen LogP contribution in [0.4, 0.5) is 14.9 Å². The number of ether oxygens (including phenoxy) is 2. The predicted molar refractivity (Wildman–Crippen MR) is 139 cm³/mol. The highest BCUT2D eigenvalue weighted by atomic mass is 35.5. The molecule has 0 saturated carbocycles. The fourth-order valence-electron chi connectivity index (χ4n) is 4.14. The number of likely N-dealkylation sites (tertiary alicyclic amines) is 1. The van der Waals surface area contributed by atoms with Gasteiger partial charge in [0.15, 0.2) is 6.61 Å². The zero-order valence-corrected chi connectivity index (χ0v) is 22.4. The first-order valence-electron chi connectivity index (χ1n) is 12.1. The zero-order valence-electron chi connectivity index (χ0n) is 21.7. The second kappa shape index (κ2) is 11.8. The van der Waals surface area contributed by atoms with Gasteiger partial charge in [0.25, 0.3) is 5.91 Å². The molecule has 0 unspecified atom stereocenters. The molecule has 1 saturated heterocycles. The molecule has 8 nitrogen and oxygen atoms in total. The first-order valence-corrected chi connectivity index (χ1v) is 12.4. The van der Waals surface area contributed by atoms with Gasteiger partial charge < -0.3 is 20.1 Å². The number of anilines is 1. The van der Waals surface area contributed by atoms with Gasteiger partial charge in [0.2, 0.25) is 5.91 Å². The summed E-state index contributed by atoms with van der Waals surface area (Å²) in [6.07, 6.45) is 0.148. The van der Waals surface area contributed by atoms with Crippen molar-refractivity contribution in [3.05, 3.63) is 58.4 Å². The molecule has 0 spiro atoms. The first-order chi connectivity index (χ1) is 17.3. The van der Waals surface area contributed by atoms with Crippen molar-refractivity contribution in [2.24, 2.45) is 0 Å². The third kappa shape index (κ3) is 8.35. The lowest BCUT2D eigenvalue weighted by Gasteiger charge is -2.39. The Morgan fingerprint density at radius 2 is 1.76 bits per heavy atom. The van der Waals surface area contributed by atoms with E-state index in [0.717, 1.165) is 17.2 Å². The molecule has 0 aliphatic carbocycles. The Kier molecular flexibility index (Phi) is 9.02. The van der Waals surface area contributed by atoms with Crippen LogP contribution in [0.15, 0.2) is 36.4 Å². The molecule has 2 aromatic rings. The van der Waals surface area contributed by atoms with E-state index in [-0.39, 0.29) is 29.8 Å². The number of carbonyl (C=O) groups excluding carboxylic acids is 3. The van der Waals surface area contributed by atoms with Gasteiger partial charge in [-0.2, -0.15) is 0 Å². The minimum Gasteiger partial charge on any atom is -0.484 e. The SMILES string of the molecule is Cc1cc(C)cc(NC(=O)[C@H]2CC[C@H](NC(=O)COc3ccc(Cl)c(F)c3)CN2C(=O)OC(C)(C)C)c1. The summed E-state index contributed by atoms with van der Waals surface area (Å²) in [7, 11) is 0. The number of aryl methyl sites for hydroxylation is 2. The van der Waals surface area contributed by atoms with Gasteiger partial charge in [-0.15, -0.1) is 0 Å². The van der Waals surface area contributed by atoms with Crippen molar-refractivity contribution in [1.29, 1.82) is 0 Å². The fourth-order valence-corrected chi connectivity index (χ4v) is 4.26. The van der Waals surface area contributed by atoms with Gasteiger partial charge in [-0.25, -0.2) is 9.18 Å². The highest BCUT2D eigenvalue weighted by Gasteiger charge is 2.38. The van der Waals surface area contributed by atoms with Crippen LogP contribution in [0.3, 0.4) is 0 Å². The minimum atomic E-state index is -0.767. The minimum absolute atomic E-state index is 0.0441. The van der Waals surface area contributed by atoms with Crippen LogP contribution in [0.1, 0.15) is 44.7 Å². The molecule has 10 heteroatoms. The number of halogens is 2. The van der Waals surface area contributed by atoms with E-state index in [1.807, 2.05) is 32.0 Å². The number of piperidine rings is 1. The summed E-state index contributed by atoms with van der Waals surface area (Å²) >= 11 is 5.66. The molecule has 1 fully saturated rings. The number of nitrogens with zero attached hydrogens (tertiary/aromatic N) is 1. The van der Waals surface area contributed by atoms with Gasteiger partial charge in [0.1, 0.15) is 23.2 Å². The van der Waals surface area contributed by atoms with E-state index in [1.54, 1.807) is 20.8 Å². The van der Waals surface area contributed by atoms with Crippen molar-refractivity contribution in [3.8, 4) is 5.75 Å². The number of carbonyl (C=O) groups is 3. The van der Waals surface area contributed by atoms with Gasteiger partial charge in [0, 0.05) is 24.3 Å².